The second-order valence-electron chi connectivity index (χ2n) is 4.57. The van der Waals surface area contributed by atoms with Crippen molar-refractivity contribution in [1.29, 1.82) is 0 Å². The van der Waals surface area contributed by atoms with E-state index in [2.05, 4.69) is 0 Å². The lowest BCUT2D eigenvalue weighted by Gasteiger charge is -2.25. The summed E-state index contributed by atoms with van der Waals surface area (Å²) in [5, 5.41) is 8.97. The van der Waals surface area contributed by atoms with E-state index in [1.807, 2.05) is 0 Å². The maximum absolute atomic E-state index is 12.6. The summed E-state index contributed by atoms with van der Waals surface area (Å²) in [6.07, 6.45) is -2.63. The van der Waals surface area contributed by atoms with E-state index in [4.69, 9.17) is 10.8 Å². The highest BCUT2D eigenvalue weighted by molar-refractivity contribution is 7.89. The summed E-state index contributed by atoms with van der Waals surface area (Å²) in [5.41, 5.74) is 6.07. The lowest BCUT2D eigenvalue weighted by molar-refractivity contribution is 0.153. The average Bonchev–Trinajstić information content (AvgIpc) is 2.37. The number of sulfonamides is 1. The molecule has 0 aliphatic rings. The van der Waals surface area contributed by atoms with Crippen molar-refractivity contribution in [2.75, 3.05) is 44.4 Å². The van der Waals surface area contributed by atoms with Gasteiger partial charge in [-0.3, -0.25) is 0 Å². The Morgan fingerprint density at radius 1 is 1.33 bits per heavy atom. The molecule has 0 spiro atoms. The zero-order chi connectivity index (χ0) is 16.2. The van der Waals surface area contributed by atoms with E-state index in [0.29, 0.717) is 0 Å². The number of nitrogens with two attached hydrogens (primary N) is 1. The zero-order valence-corrected chi connectivity index (χ0v) is 12.6. The van der Waals surface area contributed by atoms with E-state index < -0.39 is 23.0 Å². The molecule has 0 aliphatic heterocycles. The third-order valence-corrected chi connectivity index (χ3v) is 4.66. The van der Waals surface area contributed by atoms with Crippen LogP contribution in [0, 0.1) is 0 Å². The second kappa shape index (κ2) is 7.01. The van der Waals surface area contributed by atoms with E-state index in [1.54, 1.807) is 0 Å². The summed E-state index contributed by atoms with van der Waals surface area (Å²) in [6.45, 7) is -1.06. The van der Waals surface area contributed by atoms with Gasteiger partial charge in [0.2, 0.25) is 10.0 Å². The predicted molar refractivity (Wildman–Crippen MR) is 77.0 cm³/mol. The molecule has 21 heavy (non-hydrogen) atoms. The van der Waals surface area contributed by atoms with Crippen LogP contribution < -0.4 is 10.6 Å². The van der Waals surface area contributed by atoms with Gasteiger partial charge in [-0.2, -0.15) is 0 Å². The quantitative estimate of drug-likeness (QED) is 0.717. The molecule has 1 aromatic carbocycles. The summed E-state index contributed by atoms with van der Waals surface area (Å²) in [5.74, 6) is 0. The summed E-state index contributed by atoms with van der Waals surface area (Å²) < 4.78 is 50.3. The number of alkyl halides is 2. The minimum absolute atomic E-state index is 0.0473. The first-order valence-electron chi connectivity index (χ1n) is 6.16. The topological polar surface area (TPSA) is 86.9 Å². The fraction of sp³-hybridized carbons (Fsp3) is 0.500. The fourth-order valence-electron chi connectivity index (χ4n) is 1.77. The molecule has 0 saturated carbocycles. The highest BCUT2D eigenvalue weighted by Crippen LogP contribution is 2.28. The van der Waals surface area contributed by atoms with Crippen LogP contribution in [0.25, 0.3) is 0 Å². The molecule has 0 bridgehead atoms. The van der Waals surface area contributed by atoms with Crippen molar-refractivity contribution in [3.8, 4) is 0 Å². The number of hydrogen-bond acceptors (Lipinski definition) is 5. The molecule has 0 heterocycles. The Labute approximate surface area is 122 Å². The van der Waals surface area contributed by atoms with Gasteiger partial charge in [-0.05, 0) is 18.2 Å². The van der Waals surface area contributed by atoms with Crippen molar-refractivity contribution >= 4 is 21.4 Å². The van der Waals surface area contributed by atoms with Gasteiger partial charge in [-0.1, -0.05) is 0 Å². The molecule has 6 nitrogen and oxygen atoms in total. The first kappa shape index (κ1) is 17.6. The molecule has 0 atom stereocenters. The Morgan fingerprint density at radius 3 is 2.43 bits per heavy atom. The first-order valence-corrected chi connectivity index (χ1v) is 7.60. The number of benzene rings is 1. The van der Waals surface area contributed by atoms with Crippen molar-refractivity contribution in [3.63, 3.8) is 0 Å². The molecular formula is C12H19F2N3O3S. The number of anilines is 2. The molecule has 0 amide bonds. The molecule has 0 fully saturated rings. The lowest BCUT2D eigenvalue weighted by atomic mass is 10.2. The van der Waals surface area contributed by atoms with E-state index >= 15 is 0 Å². The molecule has 0 unspecified atom stereocenters. The standard InChI is InChI=1S/C12H19F2N3O3S/c1-16(2)21(19,20)9-3-4-10(15)11(7-9)17(5-6-18)8-12(13)14/h3-4,7,12,18H,5-6,8,15H2,1-2H3. The molecule has 0 saturated heterocycles. The van der Waals surface area contributed by atoms with Gasteiger partial charge < -0.3 is 15.7 Å². The van der Waals surface area contributed by atoms with Crippen LogP contribution in [0.15, 0.2) is 23.1 Å². The van der Waals surface area contributed by atoms with Crippen molar-refractivity contribution in [3.05, 3.63) is 18.2 Å². The Kier molecular flexibility index (Phi) is 5.87. The molecule has 0 aromatic heterocycles. The largest absolute Gasteiger partial charge is 0.397 e. The van der Waals surface area contributed by atoms with Crippen LogP contribution in [0.4, 0.5) is 20.2 Å². The third-order valence-electron chi connectivity index (χ3n) is 2.85. The van der Waals surface area contributed by atoms with Gasteiger partial charge >= 0.3 is 0 Å². The molecule has 1 aromatic rings. The minimum Gasteiger partial charge on any atom is -0.397 e. The van der Waals surface area contributed by atoms with E-state index in [0.717, 1.165) is 9.21 Å². The molecule has 120 valence electrons. The van der Waals surface area contributed by atoms with Gasteiger partial charge in [-0.25, -0.2) is 21.5 Å². The Morgan fingerprint density at radius 2 is 1.95 bits per heavy atom. The van der Waals surface area contributed by atoms with Gasteiger partial charge in [-0.15, -0.1) is 0 Å². The molecule has 1 rings (SSSR count). The van der Waals surface area contributed by atoms with Crippen LogP contribution in [0.3, 0.4) is 0 Å². The molecular weight excluding hydrogens is 304 g/mol. The van der Waals surface area contributed by atoms with Crippen LogP contribution in [-0.4, -0.2) is 58.0 Å². The lowest BCUT2D eigenvalue weighted by Crippen LogP contribution is -2.32. The van der Waals surface area contributed by atoms with Gasteiger partial charge in [0.05, 0.1) is 29.4 Å². The highest BCUT2D eigenvalue weighted by Gasteiger charge is 2.21. The predicted octanol–water partition coefficient (Wildman–Crippen LogP) is 0.583. The molecule has 0 aliphatic carbocycles. The Bertz CT molecular complexity index is 579. The number of nitrogens with zero attached hydrogens (tertiary/aromatic N) is 2. The van der Waals surface area contributed by atoms with Gasteiger partial charge in [0.15, 0.2) is 0 Å². The highest BCUT2D eigenvalue weighted by atomic mass is 32.2. The fourth-order valence-corrected chi connectivity index (χ4v) is 2.69. The van der Waals surface area contributed by atoms with Gasteiger partial charge in [0, 0.05) is 20.6 Å². The maximum Gasteiger partial charge on any atom is 0.255 e. The SMILES string of the molecule is CN(C)S(=O)(=O)c1ccc(N)c(N(CCO)CC(F)F)c1. The second-order valence-corrected chi connectivity index (χ2v) is 6.72. The maximum atomic E-state index is 12.6. The number of rotatable bonds is 7. The Balaban J connectivity index is 3.28. The van der Waals surface area contributed by atoms with E-state index in [9.17, 15) is 17.2 Å². The normalized spacial score (nSPS) is 12.1. The first-order chi connectivity index (χ1) is 9.70. The third kappa shape index (κ3) is 4.26. The summed E-state index contributed by atoms with van der Waals surface area (Å²) in [4.78, 5) is 1.11. The molecule has 0 radical (unpaired) electrons. The smallest absolute Gasteiger partial charge is 0.255 e. The Hall–Kier alpha value is -1.45. The number of aliphatic hydroxyl groups is 1. The van der Waals surface area contributed by atoms with Crippen molar-refractivity contribution in [2.45, 2.75) is 11.3 Å². The van der Waals surface area contributed by atoms with Crippen molar-refractivity contribution < 1.29 is 22.3 Å². The van der Waals surface area contributed by atoms with Crippen LogP contribution >= 0.6 is 0 Å². The monoisotopic (exact) mass is 323 g/mol. The van der Waals surface area contributed by atoms with E-state index in [1.165, 1.54) is 32.3 Å². The zero-order valence-electron chi connectivity index (χ0n) is 11.8. The van der Waals surface area contributed by atoms with Gasteiger partial charge in [0.1, 0.15) is 0 Å². The van der Waals surface area contributed by atoms with Gasteiger partial charge in [0.25, 0.3) is 6.43 Å². The minimum atomic E-state index is -3.69. The molecule has 9 heteroatoms. The van der Waals surface area contributed by atoms with Crippen LogP contribution in [-0.2, 0) is 10.0 Å². The summed E-state index contributed by atoms with van der Waals surface area (Å²) >= 11 is 0. The number of halogens is 2. The number of aliphatic hydroxyl groups excluding tert-OH is 1. The molecule has 3 N–H and O–H groups in total. The summed E-state index contributed by atoms with van der Waals surface area (Å²) in [7, 11) is -0.950. The average molecular weight is 323 g/mol. The van der Waals surface area contributed by atoms with Crippen LogP contribution in [0.2, 0.25) is 0 Å². The number of hydrogen-bond donors (Lipinski definition) is 2. The number of nitrogen functional groups attached to an aromatic ring is 1. The summed E-state index contributed by atoms with van der Waals surface area (Å²) in [6, 6.07) is 3.90. The van der Waals surface area contributed by atoms with Crippen molar-refractivity contribution in [1.82, 2.24) is 4.31 Å². The van der Waals surface area contributed by atoms with Crippen molar-refractivity contribution in [2.24, 2.45) is 0 Å². The van der Waals surface area contributed by atoms with E-state index in [-0.39, 0.29) is 29.4 Å². The van der Waals surface area contributed by atoms with Crippen LogP contribution in [0.1, 0.15) is 0 Å². The van der Waals surface area contributed by atoms with Crippen LogP contribution in [0.5, 0.6) is 0 Å².